The second-order valence-electron chi connectivity index (χ2n) is 9.20. The molecule has 0 spiro atoms. The topological polar surface area (TPSA) is 118 Å². The molecule has 0 amide bonds. The van der Waals surface area contributed by atoms with Crippen molar-refractivity contribution in [3.8, 4) is 0 Å². The lowest BCUT2D eigenvalue weighted by molar-refractivity contribution is 0.301. The van der Waals surface area contributed by atoms with Crippen LogP contribution in [0, 0.1) is 0 Å². The molecule has 0 bridgehead atoms. The van der Waals surface area contributed by atoms with Crippen molar-refractivity contribution < 1.29 is 5.11 Å². The van der Waals surface area contributed by atoms with E-state index in [1.807, 2.05) is 28.0 Å². The lowest BCUT2D eigenvalue weighted by Gasteiger charge is -2.22. The molecule has 0 fully saturated rings. The van der Waals surface area contributed by atoms with Gasteiger partial charge in [-0.1, -0.05) is 51.3 Å². The Bertz CT molecular complexity index is 1270. The molecule has 192 valence electrons. The largest absolute Gasteiger partial charge is 0.395 e. The van der Waals surface area contributed by atoms with E-state index >= 15 is 0 Å². The zero-order chi connectivity index (χ0) is 25.3. The van der Waals surface area contributed by atoms with Crippen LogP contribution in [0.4, 0.5) is 11.8 Å². The number of hydrogen-bond donors (Lipinski definition) is 3. The number of nitrogens with zero attached hydrogens (tertiary/aromatic N) is 6. The third kappa shape index (κ3) is 6.09. The van der Waals surface area contributed by atoms with Gasteiger partial charge >= 0.3 is 0 Å². The van der Waals surface area contributed by atoms with Crippen LogP contribution in [0.5, 0.6) is 0 Å². The first-order chi connectivity index (χ1) is 17.6. The Labute approximate surface area is 212 Å². The SMILES string of the molecule is CCCCCNCc1ccc(Cn2cc3nc(N)nc(N(CCO)CCCC)c3n2)c2ncccc12. The number of anilines is 2. The van der Waals surface area contributed by atoms with E-state index in [4.69, 9.17) is 15.8 Å². The van der Waals surface area contributed by atoms with Gasteiger partial charge in [0.1, 0.15) is 5.52 Å². The Morgan fingerprint density at radius 1 is 1.00 bits per heavy atom. The average molecular weight is 491 g/mol. The molecule has 1 aromatic carbocycles. The van der Waals surface area contributed by atoms with Crippen molar-refractivity contribution in [1.29, 1.82) is 0 Å². The number of nitrogens with two attached hydrogens (primary N) is 1. The summed E-state index contributed by atoms with van der Waals surface area (Å²) in [5.74, 6) is 0.880. The number of unbranched alkanes of at least 4 members (excludes halogenated alkanes) is 3. The summed E-state index contributed by atoms with van der Waals surface area (Å²) in [5.41, 5.74) is 10.8. The number of pyridine rings is 1. The van der Waals surface area contributed by atoms with Gasteiger partial charge in [0.2, 0.25) is 5.95 Å². The van der Waals surface area contributed by atoms with E-state index in [-0.39, 0.29) is 12.6 Å². The van der Waals surface area contributed by atoms with Gasteiger partial charge < -0.3 is 21.1 Å². The summed E-state index contributed by atoms with van der Waals surface area (Å²) >= 11 is 0. The fourth-order valence-corrected chi connectivity index (χ4v) is 4.53. The van der Waals surface area contributed by atoms with E-state index in [2.05, 4.69) is 47.3 Å². The summed E-state index contributed by atoms with van der Waals surface area (Å²) in [4.78, 5) is 15.7. The number of rotatable bonds is 14. The molecule has 9 heteroatoms. The van der Waals surface area contributed by atoms with Crippen LogP contribution in [0.25, 0.3) is 21.9 Å². The van der Waals surface area contributed by atoms with Gasteiger partial charge in [-0.2, -0.15) is 10.1 Å². The van der Waals surface area contributed by atoms with Gasteiger partial charge in [-0.05, 0) is 36.6 Å². The minimum Gasteiger partial charge on any atom is -0.395 e. The molecule has 0 radical (unpaired) electrons. The summed E-state index contributed by atoms with van der Waals surface area (Å²) in [6, 6.07) is 8.46. The van der Waals surface area contributed by atoms with Crippen molar-refractivity contribution in [2.24, 2.45) is 0 Å². The smallest absolute Gasteiger partial charge is 0.222 e. The average Bonchev–Trinajstić information content (AvgIpc) is 3.29. The van der Waals surface area contributed by atoms with E-state index in [9.17, 15) is 5.11 Å². The van der Waals surface area contributed by atoms with Crippen molar-refractivity contribution in [2.45, 2.75) is 59.0 Å². The zero-order valence-electron chi connectivity index (χ0n) is 21.5. The van der Waals surface area contributed by atoms with Gasteiger partial charge in [-0.3, -0.25) is 9.67 Å². The highest BCUT2D eigenvalue weighted by molar-refractivity contribution is 5.87. The lowest BCUT2D eigenvalue weighted by Crippen LogP contribution is -2.29. The quantitative estimate of drug-likeness (QED) is 0.228. The van der Waals surface area contributed by atoms with Crippen LogP contribution in [0.2, 0.25) is 0 Å². The minimum atomic E-state index is 0.0350. The Hall–Kier alpha value is -3.30. The van der Waals surface area contributed by atoms with Gasteiger partial charge in [0.25, 0.3) is 0 Å². The number of nitrogen functional groups attached to an aromatic ring is 1. The Morgan fingerprint density at radius 2 is 1.83 bits per heavy atom. The van der Waals surface area contributed by atoms with Gasteiger partial charge in [-0.25, -0.2) is 4.98 Å². The number of aromatic nitrogens is 5. The van der Waals surface area contributed by atoms with E-state index in [1.54, 1.807) is 0 Å². The fraction of sp³-hybridized carbons (Fsp3) is 0.481. The first kappa shape index (κ1) is 25.8. The molecule has 4 rings (SSSR count). The van der Waals surface area contributed by atoms with Crippen molar-refractivity contribution in [1.82, 2.24) is 30.0 Å². The monoisotopic (exact) mass is 490 g/mol. The molecular formula is C27H38N8O. The standard InChI is InChI=1S/C27H38N8O/c1-3-5-7-12-29-17-20-10-11-21(24-22(20)9-8-13-30-24)18-35-19-23-25(33-35)26(32-27(28)31-23)34(15-16-36)14-6-4-2/h8-11,13,19,29,36H,3-7,12,14-18H2,1-2H3,(H2,28,31). The number of benzene rings is 1. The number of nitrogens with one attached hydrogen (secondary N) is 1. The molecule has 0 aliphatic rings. The summed E-state index contributed by atoms with van der Waals surface area (Å²) in [6.45, 7) is 8.06. The highest BCUT2D eigenvalue weighted by Gasteiger charge is 2.17. The van der Waals surface area contributed by atoms with Crippen molar-refractivity contribution in [3.05, 3.63) is 47.8 Å². The highest BCUT2D eigenvalue weighted by atomic mass is 16.3. The summed E-state index contributed by atoms with van der Waals surface area (Å²) in [7, 11) is 0. The van der Waals surface area contributed by atoms with Crippen molar-refractivity contribution in [2.75, 3.05) is 36.9 Å². The van der Waals surface area contributed by atoms with Crippen LogP contribution < -0.4 is 16.0 Å². The van der Waals surface area contributed by atoms with Crippen molar-refractivity contribution in [3.63, 3.8) is 0 Å². The van der Waals surface area contributed by atoms with E-state index < -0.39 is 0 Å². The van der Waals surface area contributed by atoms with Crippen molar-refractivity contribution >= 4 is 33.7 Å². The van der Waals surface area contributed by atoms with E-state index in [0.29, 0.717) is 29.9 Å². The maximum absolute atomic E-state index is 9.60. The predicted octanol–water partition coefficient (Wildman–Crippen LogP) is 3.88. The maximum Gasteiger partial charge on any atom is 0.222 e. The Morgan fingerprint density at radius 3 is 2.64 bits per heavy atom. The fourth-order valence-electron chi connectivity index (χ4n) is 4.53. The molecule has 0 unspecified atom stereocenters. The van der Waals surface area contributed by atoms with Gasteiger partial charge in [0.15, 0.2) is 11.3 Å². The van der Waals surface area contributed by atoms with Crippen LogP contribution in [-0.2, 0) is 13.1 Å². The Balaban J connectivity index is 1.62. The molecule has 4 aromatic rings. The minimum absolute atomic E-state index is 0.0350. The van der Waals surface area contributed by atoms with Gasteiger partial charge in [0.05, 0.1) is 24.9 Å². The second-order valence-corrected chi connectivity index (χ2v) is 9.20. The summed E-state index contributed by atoms with van der Waals surface area (Å²) in [5, 5.41) is 19.2. The lowest BCUT2D eigenvalue weighted by atomic mass is 10.0. The first-order valence-electron chi connectivity index (χ1n) is 13.1. The van der Waals surface area contributed by atoms with Gasteiger partial charge in [0, 0.05) is 31.2 Å². The molecule has 4 N–H and O–H groups in total. The van der Waals surface area contributed by atoms with E-state index in [1.165, 1.54) is 24.8 Å². The normalized spacial score (nSPS) is 11.5. The number of fused-ring (bicyclic) bond motifs is 2. The third-order valence-electron chi connectivity index (χ3n) is 6.41. The number of aliphatic hydroxyl groups excluding tert-OH is 1. The van der Waals surface area contributed by atoms with Crippen LogP contribution in [-0.4, -0.2) is 56.1 Å². The molecule has 0 aliphatic carbocycles. The van der Waals surface area contributed by atoms with E-state index in [0.717, 1.165) is 48.9 Å². The molecule has 0 saturated heterocycles. The first-order valence-corrected chi connectivity index (χ1v) is 13.1. The van der Waals surface area contributed by atoms with Crippen LogP contribution in [0.1, 0.15) is 57.1 Å². The molecule has 9 nitrogen and oxygen atoms in total. The van der Waals surface area contributed by atoms with Crippen LogP contribution >= 0.6 is 0 Å². The van der Waals surface area contributed by atoms with Crippen LogP contribution in [0.3, 0.4) is 0 Å². The van der Waals surface area contributed by atoms with Gasteiger partial charge in [-0.15, -0.1) is 0 Å². The van der Waals surface area contributed by atoms with Crippen LogP contribution in [0.15, 0.2) is 36.7 Å². The number of hydrogen-bond acceptors (Lipinski definition) is 8. The molecule has 0 atom stereocenters. The highest BCUT2D eigenvalue weighted by Crippen LogP contribution is 2.26. The second kappa shape index (κ2) is 12.6. The molecule has 3 aromatic heterocycles. The molecule has 3 heterocycles. The Kier molecular flexibility index (Phi) is 9.02. The maximum atomic E-state index is 9.60. The summed E-state index contributed by atoms with van der Waals surface area (Å²) < 4.78 is 1.88. The third-order valence-corrected chi connectivity index (χ3v) is 6.41. The molecule has 0 saturated carbocycles. The molecule has 0 aliphatic heterocycles. The molecule has 36 heavy (non-hydrogen) atoms. The molecular weight excluding hydrogens is 452 g/mol. The number of aliphatic hydroxyl groups is 1. The zero-order valence-corrected chi connectivity index (χ0v) is 21.5. The predicted molar refractivity (Wildman–Crippen MR) is 146 cm³/mol. The summed E-state index contributed by atoms with van der Waals surface area (Å²) in [6.07, 6.45) is 9.46.